The van der Waals surface area contributed by atoms with E-state index >= 15 is 0 Å². The topological polar surface area (TPSA) is 49.3 Å². The van der Waals surface area contributed by atoms with Crippen LogP contribution < -0.4 is 5.32 Å². The van der Waals surface area contributed by atoms with Crippen molar-refractivity contribution >= 4 is 23.4 Å². The molecule has 0 spiro atoms. The second-order valence-corrected chi connectivity index (χ2v) is 5.25. The Morgan fingerprint density at radius 1 is 1.11 bits per heavy atom. The number of rotatable bonds is 4. The fourth-order valence-corrected chi connectivity index (χ4v) is 2.22. The molecule has 2 aromatic carbocycles. The molecular formula is C15H15NO2S. The number of anilines is 1. The smallest absolute Gasteiger partial charge is 0.234 e. The molecule has 0 aliphatic heterocycles. The van der Waals surface area contributed by atoms with Crippen LogP contribution >= 0.6 is 11.8 Å². The number of phenols is 1. The van der Waals surface area contributed by atoms with Crippen LogP contribution in [0.3, 0.4) is 0 Å². The van der Waals surface area contributed by atoms with Gasteiger partial charge >= 0.3 is 0 Å². The minimum atomic E-state index is -0.0399. The van der Waals surface area contributed by atoms with Gasteiger partial charge in [0.05, 0.1) is 5.75 Å². The van der Waals surface area contributed by atoms with Gasteiger partial charge in [0, 0.05) is 10.6 Å². The van der Waals surface area contributed by atoms with E-state index in [0.29, 0.717) is 5.75 Å². The molecule has 2 N–H and O–H groups in total. The van der Waals surface area contributed by atoms with E-state index in [0.717, 1.165) is 16.1 Å². The fraction of sp³-hybridized carbons (Fsp3) is 0.133. The summed E-state index contributed by atoms with van der Waals surface area (Å²) in [5.41, 5.74) is 1.97. The Morgan fingerprint density at radius 3 is 2.37 bits per heavy atom. The van der Waals surface area contributed by atoms with Crippen LogP contribution in [0.25, 0.3) is 0 Å². The Kier molecular flexibility index (Phi) is 4.47. The molecule has 0 saturated carbocycles. The van der Waals surface area contributed by atoms with Crippen LogP contribution in [0.1, 0.15) is 5.56 Å². The summed E-state index contributed by atoms with van der Waals surface area (Å²) < 4.78 is 0. The molecule has 0 unspecified atom stereocenters. The molecule has 2 rings (SSSR count). The van der Waals surface area contributed by atoms with Gasteiger partial charge in [0.15, 0.2) is 0 Å². The Hall–Kier alpha value is -1.94. The van der Waals surface area contributed by atoms with Crippen molar-refractivity contribution in [3.63, 3.8) is 0 Å². The molecule has 0 aromatic heterocycles. The van der Waals surface area contributed by atoms with Crippen LogP contribution in [-0.4, -0.2) is 16.8 Å². The second kappa shape index (κ2) is 6.29. The van der Waals surface area contributed by atoms with Crippen molar-refractivity contribution in [2.24, 2.45) is 0 Å². The molecule has 4 heteroatoms. The highest BCUT2D eigenvalue weighted by Crippen LogP contribution is 2.20. The van der Waals surface area contributed by atoms with Gasteiger partial charge in [0.25, 0.3) is 0 Å². The largest absolute Gasteiger partial charge is 0.508 e. The first-order valence-corrected chi connectivity index (χ1v) is 6.90. The number of amides is 1. The van der Waals surface area contributed by atoms with Crippen molar-refractivity contribution in [3.05, 3.63) is 54.1 Å². The first-order valence-electron chi connectivity index (χ1n) is 5.92. The SMILES string of the molecule is Cc1ccc(NC(=O)CSc2ccc(O)cc2)cc1. The van der Waals surface area contributed by atoms with E-state index in [1.165, 1.54) is 11.8 Å². The summed E-state index contributed by atoms with van der Waals surface area (Å²) in [6.07, 6.45) is 0. The van der Waals surface area contributed by atoms with E-state index in [1.54, 1.807) is 24.3 Å². The summed E-state index contributed by atoms with van der Waals surface area (Å²) in [6, 6.07) is 14.5. The zero-order valence-corrected chi connectivity index (χ0v) is 11.4. The molecule has 0 radical (unpaired) electrons. The van der Waals surface area contributed by atoms with Crippen LogP contribution in [0.4, 0.5) is 5.69 Å². The van der Waals surface area contributed by atoms with Crippen LogP contribution in [0, 0.1) is 6.92 Å². The number of aryl methyl sites for hydroxylation is 1. The van der Waals surface area contributed by atoms with Gasteiger partial charge < -0.3 is 10.4 Å². The quantitative estimate of drug-likeness (QED) is 0.839. The van der Waals surface area contributed by atoms with E-state index in [2.05, 4.69) is 5.32 Å². The molecule has 1 amide bonds. The lowest BCUT2D eigenvalue weighted by Gasteiger charge is -2.05. The molecule has 0 heterocycles. The number of hydrogen-bond acceptors (Lipinski definition) is 3. The Labute approximate surface area is 116 Å². The van der Waals surface area contributed by atoms with Crippen LogP contribution in [0.15, 0.2) is 53.4 Å². The van der Waals surface area contributed by atoms with Crippen molar-refractivity contribution < 1.29 is 9.90 Å². The van der Waals surface area contributed by atoms with Gasteiger partial charge in [0.2, 0.25) is 5.91 Å². The van der Waals surface area contributed by atoms with Crippen molar-refractivity contribution in [1.29, 1.82) is 0 Å². The van der Waals surface area contributed by atoms with Crippen LogP contribution in [0.2, 0.25) is 0 Å². The zero-order chi connectivity index (χ0) is 13.7. The van der Waals surface area contributed by atoms with Crippen molar-refractivity contribution in [1.82, 2.24) is 0 Å². The molecule has 0 aliphatic rings. The normalized spacial score (nSPS) is 10.2. The molecule has 0 bridgehead atoms. The number of carbonyl (C=O) groups excluding carboxylic acids is 1. The summed E-state index contributed by atoms with van der Waals surface area (Å²) in [4.78, 5) is 12.7. The number of aromatic hydroxyl groups is 1. The first-order chi connectivity index (χ1) is 9.13. The number of thioether (sulfide) groups is 1. The Balaban J connectivity index is 1.84. The molecule has 0 fully saturated rings. The predicted molar refractivity (Wildman–Crippen MR) is 78.6 cm³/mol. The third-order valence-electron chi connectivity index (χ3n) is 2.54. The standard InChI is InChI=1S/C15H15NO2S/c1-11-2-4-12(5-3-11)16-15(18)10-19-14-8-6-13(17)7-9-14/h2-9,17H,10H2,1H3,(H,16,18). The summed E-state index contributed by atoms with van der Waals surface area (Å²) in [5, 5.41) is 12.0. The summed E-state index contributed by atoms with van der Waals surface area (Å²) in [7, 11) is 0. The highest BCUT2D eigenvalue weighted by atomic mass is 32.2. The summed E-state index contributed by atoms with van der Waals surface area (Å²) >= 11 is 1.44. The van der Waals surface area contributed by atoms with Gasteiger partial charge in [-0.25, -0.2) is 0 Å². The third-order valence-corrected chi connectivity index (χ3v) is 3.55. The molecular weight excluding hydrogens is 258 g/mol. The minimum Gasteiger partial charge on any atom is -0.508 e. The van der Waals surface area contributed by atoms with E-state index in [-0.39, 0.29) is 11.7 Å². The highest BCUT2D eigenvalue weighted by molar-refractivity contribution is 8.00. The molecule has 0 atom stereocenters. The van der Waals surface area contributed by atoms with Crippen molar-refractivity contribution in [2.45, 2.75) is 11.8 Å². The molecule has 19 heavy (non-hydrogen) atoms. The molecule has 0 saturated heterocycles. The van der Waals surface area contributed by atoms with Gasteiger partial charge in [-0.3, -0.25) is 4.79 Å². The molecule has 2 aromatic rings. The summed E-state index contributed by atoms with van der Waals surface area (Å²) in [5.74, 6) is 0.536. The Morgan fingerprint density at radius 2 is 1.74 bits per heavy atom. The van der Waals surface area contributed by atoms with Crippen LogP contribution in [0.5, 0.6) is 5.75 Å². The number of carbonyl (C=O) groups is 1. The second-order valence-electron chi connectivity index (χ2n) is 4.20. The van der Waals surface area contributed by atoms with Crippen molar-refractivity contribution in [3.8, 4) is 5.75 Å². The molecule has 0 aliphatic carbocycles. The van der Waals surface area contributed by atoms with E-state index in [9.17, 15) is 4.79 Å². The zero-order valence-electron chi connectivity index (χ0n) is 10.6. The van der Waals surface area contributed by atoms with Gasteiger partial charge in [-0.2, -0.15) is 0 Å². The highest BCUT2D eigenvalue weighted by Gasteiger charge is 2.03. The minimum absolute atomic E-state index is 0.0399. The number of phenolic OH excluding ortho intramolecular Hbond substituents is 1. The average molecular weight is 273 g/mol. The van der Waals surface area contributed by atoms with E-state index < -0.39 is 0 Å². The van der Waals surface area contributed by atoms with Gasteiger partial charge in [-0.05, 0) is 43.3 Å². The first kappa shape index (κ1) is 13.5. The third kappa shape index (κ3) is 4.34. The maximum atomic E-state index is 11.8. The lowest BCUT2D eigenvalue weighted by atomic mass is 10.2. The number of nitrogens with one attached hydrogen (secondary N) is 1. The van der Waals surface area contributed by atoms with Gasteiger partial charge in [-0.1, -0.05) is 17.7 Å². The van der Waals surface area contributed by atoms with Crippen LogP contribution in [-0.2, 0) is 4.79 Å². The van der Waals surface area contributed by atoms with E-state index in [4.69, 9.17) is 5.11 Å². The monoisotopic (exact) mass is 273 g/mol. The maximum absolute atomic E-state index is 11.8. The van der Waals surface area contributed by atoms with Crippen molar-refractivity contribution in [2.75, 3.05) is 11.1 Å². The van der Waals surface area contributed by atoms with E-state index in [1.807, 2.05) is 31.2 Å². The summed E-state index contributed by atoms with van der Waals surface area (Å²) in [6.45, 7) is 2.01. The average Bonchev–Trinajstić information content (AvgIpc) is 2.41. The maximum Gasteiger partial charge on any atom is 0.234 e. The molecule has 98 valence electrons. The fourth-order valence-electron chi connectivity index (χ4n) is 1.53. The number of hydrogen-bond donors (Lipinski definition) is 2. The van der Waals surface area contributed by atoms with Gasteiger partial charge in [-0.15, -0.1) is 11.8 Å². The predicted octanol–water partition coefficient (Wildman–Crippen LogP) is 3.43. The number of benzene rings is 2. The van der Waals surface area contributed by atoms with Gasteiger partial charge in [0.1, 0.15) is 5.75 Å². The Bertz CT molecular complexity index is 549. The molecule has 3 nitrogen and oxygen atoms in total. The lowest BCUT2D eigenvalue weighted by Crippen LogP contribution is -2.13. The lowest BCUT2D eigenvalue weighted by molar-refractivity contribution is -0.113.